The highest BCUT2D eigenvalue weighted by atomic mass is 33.1. The molecular formula is C42H55F6NO2S2. The fourth-order valence-electron chi connectivity index (χ4n) is 7.72. The predicted octanol–water partition coefficient (Wildman–Crippen LogP) is 14.6. The van der Waals surface area contributed by atoms with Crippen molar-refractivity contribution in [3.8, 4) is 5.75 Å². The number of hydrogen-bond acceptors (Lipinski definition) is 5. The Kier molecular flexibility index (Phi) is 15.0. The number of rotatable bonds is 8. The van der Waals surface area contributed by atoms with Gasteiger partial charge >= 0.3 is 12.4 Å². The first kappa shape index (κ1) is 43.2. The summed E-state index contributed by atoms with van der Waals surface area (Å²) in [5.74, 6) is 2.70. The summed E-state index contributed by atoms with van der Waals surface area (Å²) in [6, 6.07) is 8.10. The van der Waals surface area contributed by atoms with E-state index in [0.29, 0.717) is 16.4 Å². The van der Waals surface area contributed by atoms with Crippen molar-refractivity contribution in [2.24, 2.45) is 17.8 Å². The summed E-state index contributed by atoms with van der Waals surface area (Å²) in [5, 5.41) is 4.01. The Morgan fingerprint density at radius 1 is 0.887 bits per heavy atom. The van der Waals surface area contributed by atoms with Crippen LogP contribution >= 0.6 is 21.6 Å². The molecule has 3 aromatic rings. The molecule has 1 saturated heterocycles. The number of ether oxygens (including phenoxy) is 1. The van der Waals surface area contributed by atoms with Gasteiger partial charge in [0.05, 0.1) is 17.1 Å². The van der Waals surface area contributed by atoms with Crippen LogP contribution in [0.2, 0.25) is 0 Å². The molecule has 1 aliphatic heterocycles. The van der Waals surface area contributed by atoms with E-state index in [4.69, 9.17) is 9.26 Å². The molecule has 2 aliphatic carbocycles. The summed E-state index contributed by atoms with van der Waals surface area (Å²) in [5.41, 5.74) is 3.27. The van der Waals surface area contributed by atoms with Crippen LogP contribution in [0.25, 0.3) is 11.0 Å². The summed E-state index contributed by atoms with van der Waals surface area (Å²) >= 11 is 0. The fourth-order valence-corrected chi connectivity index (χ4v) is 11.9. The second-order valence-electron chi connectivity index (χ2n) is 15.2. The Morgan fingerprint density at radius 3 is 2.15 bits per heavy atom. The first-order valence-electron chi connectivity index (χ1n) is 18.9. The van der Waals surface area contributed by atoms with Gasteiger partial charge in [-0.1, -0.05) is 91.1 Å². The topological polar surface area (TPSA) is 35.3 Å². The average Bonchev–Trinajstić information content (AvgIpc) is 3.64. The molecule has 0 radical (unpaired) electrons. The summed E-state index contributed by atoms with van der Waals surface area (Å²) in [7, 11) is 4.25. The van der Waals surface area contributed by atoms with Gasteiger partial charge in [0.1, 0.15) is 5.75 Å². The molecule has 5 unspecified atom stereocenters. The van der Waals surface area contributed by atoms with Crippen LogP contribution in [0.4, 0.5) is 26.3 Å². The van der Waals surface area contributed by atoms with Gasteiger partial charge in [0.2, 0.25) is 0 Å². The van der Waals surface area contributed by atoms with Crippen LogP contribution in [0.5, 0.6) is 5.75 Å². The number of allylic oxidation sites excluding steroid dienone is 2. The maximum Gasteiger partial charge on any atom is 0.437 e. The Balaban J connectivity index is 0.000000180. The second-order valence-corrected chi connectivity index (χ2v) is 18.2. The number of aromatic nitrogens is 1. The van der Waals surface area contributed by atoms with Gasteiger partial charge in [-0.3, -0.25) is 0 Å². The fraction of sp³-hybridized carbons (Fsp3) is 0.595. The molecule has 0 N–H and O–H groups in total. The van der Waals surface area contributed by atoms with Crippen LogP contribution in [0.15, 0.2) is 65.2 Å². The molecule has 53 heavy (non-hydrogen) atoms. The summed E-state index contributed by atoms with van der Waals surface area (Å²) in [6.45, 7) is 21.6. The van der Waals surface area contributed by atoms with Crippen molar-refractivity contribution in [1.82, 2.24) is 5.16 Å². The highest BCUT2D eigenvalue weighted by molar-refractivity contribution is 8.77. The molecule has 0 bridgehead atoms. The van der Waals surface area contributed by atoms with Crippen LogP contribution in [-0.4, -0.2) is 21.3 Å². The standard InChI is InChI=1S/C17H21F3O.C13H22S2.C12H12F3NO/c1-3-4-13-11-16(8-5-12(13)2)21-15-9-6-14(7-10-15)17(18,19)20;1-5-6-10-9(2)7-8-11-12(10)14-15-13(11,3)4;1-3-4-8-6-9-10(5-7(8)2)17-16-11(9)12(13,14)15/h6-7,9-10,13,16H,2-5,8,11H2,1H3;10-12H,2,5-8H2,1,3-4H3;5-6H,3-4H2,1-2H3. The highest BCUT2D eigenvalue weighted by Gasteiger charge is 2.49. The Labute approximate surface area is 319 Å². The third kappa shape index (κ3) is 11.3. The van der Waals surface area contributed by atoms with E-state index in [1.54, 1.807) is 6.07 Å². The van der Waals surface area contributed by atoms with E-state index in [1.165, 1.54) is 55.0 Å². The third-order valence-corrected chi connectivity index (χ3v) is 14.7. The number of hydrogen-bond donors (Lipinski definition) is 0. The maximum atomic E-state index is 12.6. The van der Waals surface area contributed by atoms with Crippen LogP contribution in [0.1, 0.15) is 121 Å². The number of aryl methyl sites for hydroxylation is 2. The van der Waals surface area contributed by atoms with E-state index in [0.717, 1.165) is 85.3 Å². The molecule has 0 amide bonds. The Hall–Kier alpha value is -2.53. The molecule has 6 rings (SSSR count). The number of benzene rings is 2. The van der Waals surface area contributed by atoms with E-state index >= 15 is 0 Å². The molecule has 5 atom stereocenters. The van der Waals surface area contributed by atoms with Crippen molar-refractivity contribution in [2.75, 3.05) is 0 Å². The SMILES string of the molecule is C=C1CCC(Oc2ccc(C(F)(F)F)cc2)CC1CCC.C=C1CCC2C(SSC2(C)C)C1CCC.CCCc1cc2c(C(F)(F)F)noc2cc1C. The van der Waals surface area contributed by atoms with Crippen LogP contribution in [0, 0.1) is 24.7 Å². The highest BCUT2D eigenvalue weighted by Crippen LogP contribution is 2.61. The van der Waals surface area contributed by atoms with E-state index in [-0.39, 0.29) is 17.1 Å². The molecular weight excluding hydrogens is 729 g/mol. The van der Waals surface area contributed by atoms with Gasteiger partial charge in [0.15, 0.2) is 11.3 Å². The van der Waals surface area contributed by atoms with E-state index in [1.807, 2.05) is 13.8 Å². The van der Waals surface area contributed by atoms with Crippen molar-refractivity contribution >= 4 is 32.6 Å². The smallest absolute Gasteiger partial charge is 0.437 e. The summed E-state index contributed by atoms with van der Waals surface area (Å²) < 4.78 is 86.5. The average molecular weight is 784 g/mol. The number of nitrogens with zero attached hydrogens (tertiary/aromatic N) is 1. The molecule has 294 valence electrons. The predicted molar refractivity (Wildman–Crippen MR) is 208 cm³/mol. The van der Waals surface area contributed by atoms with Crippen molar-refractivity contribution in [1.29, 1.82) is 0 Å². The lowest BCUT2D eigenvalue weighted by molar-refractivity contribution is -0.141. The lowest BCUT2D eigenvalue weighted by Crippen LogP contribution is -2.37. The maximum absolute atomic E-state index is 12.6. The Morgan fingerprint density at radius 2 is 1.55 bits per heavy atom. The van der Waals surface area contributed by atoms with Crippen molar-refractivity contribution in [3.63, 3.8) is 0 Å². The molecule has 2 saturated carbocycles. The monoisotopic (exact) mass is 783 g/mol. The molecule has 1 aromatic heterocycles. The van der Waals surface area contributed by atoms with Gasteiger partial charge in [-0.05, 0) is 137 Å². The largest absolute Gasteiger partial charge is 0.490 e. The molecule has 2 aromatic carbocycles. The first-order valence-corrected chi connectivity index (χ1v) is 21.1. The molecule has 0 spiro atoms. The normalized spacial score (nSPS) is 24.2. The van der Waals surface area contributed by atoms with Crippen LogP contribution in [0.3, 0.4) is 0 Å². The van der Waals surface area contributed by atoms with E-state index in [9.17, 15) is 26.3 Å². The van der Waals surface area contributed by atoms with E-state index in [2.05, 4.69) is 67.6 Å². The molecule has 11 heteroatoms. The lowest BCUT2D eigenvalue weighted by Gasteiger charge is -2.38. The quantitative estimate of drug-likeness (QED) is 0.129. The third-order valence-electron chi connectivity index (χ3n) is 10.7. The Bertz CT molecular complexity index is 1660. The van der Waals surface area contributed by atoms with E-state index < -0.39 is 23.6 Å². The molecule has 3 fully saturated rings. The number of alkyl halides is 6. The number of fused-ring (bicyclic) bond motifs is 2. The summed E-state index contributed by atoms with van der Waals surface area (Å²) in [4.78, 5) is 0. The minimum absolute atomic E-state index is 0.0477. The van der Waals surface area contributed by atoms with Gasteiger partial charge in [0.25, 0.3) is 0 Å². The first-order chi connectivity index (χ1) is 24.9. The number of halogens is 6. The van der Waals surface area contributed by atoms with Crippen molar-refractivity contribution in [3.05, 3.63) is 83.1 Å². The van der Waals surface area contributed by atoms with Crippen molar-refractivity contribution in [2.45, 2.75) is 141 Å². The minimum Gasteiger partial charge on any atom is -0.490 e. The minimum atomic E-state index is -4.47. The zero-order valence-corrected chi connectivity index (χ0v) is 33.5. The molecule has 2 heterocycles. The summed E-state index contributed by atoms with van der Waals surface area (Å²) in [6.07, 6.45) is 3.20. The molecule has 3 nitrogen and oxygen atoms in total. The van der Waals surface area contributed by atoms with Crippen LogP contribution in [-0.2, 0) is 18.8 Å². The van der Waals surface area contributed by atoms with Gasteiger partial charge < -0.3 is 9.26 Å². The van der Waals surface area contributed by atoms with Gasteiger partial charge in [-0.15, -0.1) is 0 Å². The van der Waals surface area contributed by atoms with Gasteiger partial charge in [0, 0.05) is 10.00 Å². The van der Waals surface area contributed by atoms with Gasteiger partial charge in [-0.25, -0.2) is 0 Å². The zero-order valence-electron chi connectivity index (χ0n) is 31.9. The lowest BCUT2D eigenvalue weighted by atomic mass is 9.72. The zero-order chi connectivity index (χ0) is 39.1. The van der Waals surface area contributed by atoms with Crippen LogP contribution < -0.4 is 4.74 Å². The van der Waals surface area contributed by atoms with Gasteiger partial charge in [-0.2, -0.15) is 26.3 Å². The second kappa shape index (κ2) is 18.4. The molecule has 3 aliphatic rings. The van der Waals surface area contributed by atoms with Crippen molar-refractivity contribution < 1.29 is 35.6 Å².